The molecule has 0 aliphatic rings. The summed E-state index contributed by atoms with van der Waals surface area (Å²) in [7, 11) is 0. The second-order valence-corrected chi connectivity index (χ2v) is 5.82. The molecule has 116 valence electrons. The monoisotopic (exact) mass is 308 g/mol. The number of aryl methyl sites for hydroxylation is 3. The molecule has 0 saturated heterocycles. The van der Waals surface area contributed by atoms with Gasteiger partial charge < -0.3 is 0 Å². The number of hydrogen-bond donors (Lipinski definition) is 3. The molecule has 0 saturated carbocycles. The first kappa shape index (κ1) is 13.6. The van der Waals surface area contributed by atoms with Gasteiger partial charge in [0, 0.05) is 6.54 Å². The van der Waals surface area contributed by atoms with E-state index < -0.39 is 0 Å². The Kier molecular flexibility index (Phi) is 2.97. The van der Waals surface area contributed by atoms with Crippen molar-refractivity contribution in [2.75, 3.05) is 0 Å². The Morgan fingerprint density at radius 1 is 0.957 bits per heavy atom. The zero-order valence-electron chi connectivity index (χ0n) is 12.6. The van der Waals surface area contributed by atoms with Gasteiger partial charge in [-0.15, -0.1) is 0 Å². The van der Waals surface area contributed by atoms with E-state index in [1.165, 1.54) is 0 Å². The van der Waals surface area contributed by atoms with Crippen LogP contribution in [0.4, 0.5) is 0 Å². The van der Waals surface area contributed by atoms with Gasteiger partial charge in [-0.2, -0.15) is 0 Å². The molecule has 2 heterocycles. The summed E-state index contributed by atoms with van der Waals surface area (Å²) in [5, 5.41) is 9.70. The molecule has 0 aliphatic carbocycles. The van der Waals surface area contributed by atoms with Crippen LogP contribution in [0.2, 0.25) is 0 Å². The number of fused-ring (bicyclic) bond motifs is 2. The number of benzene rings is 2. The van der Waals surface area contributed by atoms with Crippen molar-refractivity contribution in [2.45, 2.75) is 19.9 Å². The summed E-state index contributed by atoms with van der Waals surface area (Å²) in [6.07, 6.45) is 0.761. The summed E-state index contributed by atoms with van der Waals surface area (Å²) >= 11 is 0. The van der Waals surface area contributed by atoms with Gasteiger partial charge in [-0.3, -0.25) is 29.6 Å². The van der Waals surface area contributed by atoms with E-state index in [4.69, 9.17) is 0 Å². The Labute approximate surface area is 130 Å². The maximum Gasteiger partial charge on any atom is 0.271 e. The molecule has 4 aromatic rings. The minimum absolute atomic E-state index is 0.0644. The first-order valence-corrected chi connectivity index (χ1v) is 7.50. The predicted octanol–water partition coefficient (Wildman–Crippen LogP) is 2.05. The third-order valence-electron chi connectivity index (χ3n) is 4.19. The van der Waals surface area contributed by atoms with E-state index in [2.05, 4.69) is 15.3 Å². The Morgan fingerprint density at radius 2 is 1.78 bits per heavy atom. The average molecular weight is 308 g/mol. The highest BCUT2D eigenvalue weighted by atomic mass is 16.1. The molecule has 2 aromatic heterocycles. The van der Waals surface area contributed by atoms with Gasteiger partial charge in [-0.05, 0) is 48.7 Å². The van der Waals surface area contributed by atoms with Gasteiger partial charge >= 0.3 is 0 Å². The summed E-state index contributed by atoms with van der Waals surface area (Å²) in [6, 6.07) is 11.5. The zero-order chi connectivity index (χ0) is 16.0. The summed E-state index contributed by atoms with van der Waals surface area (Å²) in [5.74, 6) is 0. The molecule has 2 aromatic carbocycles. The Balaban J connectivity index is 1.66. The van der Waals surface area contributed by atoms with Gasteiger partial charge in [0.25, 0.3) is 11.1 Å². The minimum Gasteiger partial charge on any atom is -0.298 e. The highest BCUT2D eigenvalue weighted by Crippen LogP contribution is 2.14. The lowest BCUT2D eigenvalue weighted by Crippen LogP contribution is -2.07. The molecule has 0 unspecified atom stereocenters. The topological polar surface area (TPSA) is 86.4 Å². The van der Waals surface area contributed by atoms with E-state index in [1.807, 2.05) is 48.0 Å². The van der Waals surface area contributed by atoms with E-state index in [0.29, 0.717) is 17.3 Å². The van der Waals surface area contributed by atoms with E-state index in [-0.39, 0.29) is 11.1 Å². The van der Waals surface area contributed by atoms with E-state index >= 15 is 0 Å². The molecule has 0 atom stereocenters. The third-order valence-corrected chi connectivity index (χ3v) is 4.19. The van der Waals surface area contributed by atoms with Crippen molar-refractivity contribution in [3.05, 3.63) is 68.2 Å². The highest BCUT2D eigenvalue weighted by molar-refractivity contribution is 5.79. The van der Waals surface area contributed by atoms with E-state index in [1.54, 1.807) is 0 Å². The number of aromatic amines is 3. The maximum absolute atomic E-state index is 12.0. The molecular formula is C17H16N4O2. The van der Waals surface area contributed by atoms with E-state index in [0.717, 1.165) is 28.6 Å². The minimum atomic E-state index is -0.109. The molecule has 3 N–H and O–H groups in total. The van der Waals surface area contributed by atoms with Gasteiger partial charge in [0.05, 0.1) is 21.8 Å². The summed E-state index contributed by atoms with van der Waals surface area (Å²) in [5.41, 5.74) is 3.77. The van der Waals surface area contributed by atoms with Gasteiger partial charge in [0.1, 0.15) is 0 Å². The molecule has 0 radical (unpaired) electrons. The lowest BCUT2D eigenvalue weighted by molar-refractivity contribution is 0.629. The van der Waals surface area contributed by atoms with Crippen LogP contribution in [0.1, 0.15) is 11.1 Å². The van der Waals surface area contributed by atoms with Crippen molar-refractivity contribution >= 4 is 21.8 Å². The SMILES string of the molecule is Cc1ccc2c(=O)[nH]n(CCc3ccc4c(=O)[nH][nH]c4c3)c2c1. The first-order valence-electron chi connectivity index (χ1n) is 7.50. The standard InChI is InChI=1S/C17H16N4O2/c1-10-2-4-13-15(8-10)21(20-17(13)23)7-6-11-3-5-12-14(9-11)18-19-16(12)22/h2-5,8-9H,6-7H2,1H3,(H,20,23)(H2,18,19,22). The quantitative estimate of drug-likeness (QED) is 0.541. The highest BCUT2D eigenvalue weighted by Gasteiger charge is 2.07. The Hall–Kier alpha value is -3.02. The molecule has 6 heteroatoms. The molecule has 4 rings (SSSR count). The van der Waals surface area contributed by atoms with Crippen LogP contribution in [0, 0.1) is 6.92 Å². The van der Waals surface area contributed by atoms with Crippen LogP contribution in [0.5, 0.6) is 0 Å². The smallest absolute Gasteiger partial charge is 0.271 e. The van der Waals surface area contributed by atoms with Crippen LogP contribution < -0.4 is 11.1 Å². The second kappa shape index (κ2) is 5.01. The average Bonchev–Trinajstić information content (AvgIpc) is 3.06. The molecule has 0 spiro atoms. The van der Waals surface area contributed by atoms with Crippen molar-refractivity contribution in [2.24, 2.45) is 0 Å². The summed E-state index contributed by atoms with van der Waals surface area (Å²) in [4.78, 5) is 23.5. The van der Waals surface area contributed by atoms with Crippen molar-refractivity contribution < 1.29 is 0 Å². The third kappa shape index (κ3) is 2.28. The van der Waals surface area contributed by atoms with Crippen LogP contribution in [0.25, 0.3) is 21.8 Å². The lowest BCUT2D eigenvalue weighted by atomic mass is 10.1. The largest absolute Gasteiger partial charge is 0.298 e. The number of nitrogens with one attached hydrogen (secondary N) is 3. The number of H-pyrrole nitrogens is 3. The summed E-state index contributed by atoms with van der Waals surface area (Å²) < 4.78 is 1.88. The number of aromatic nitrogens is 4. The molecule has 6 nitrogen and oxygen atoms in total. The summed E-state index contributed by atoms with van der Waals surface area (Å²) in [6.45, 7) is 2.68. The van der Waals surface area contributed by atoms with Gasteiger partial charge in [-0.25, -0.2) is 0 Å². The van der Waals surface area contributed by atoms with Gasteiger partial charge in [0.2, 0.25) is 0 Å². The van der Waals surface area contributed by atoms with Crippen LogP contribution in [0.15, 0.2) is 46.0 Å². The van der Waals surface area contributed by atoms with Crippen molar-refractivity contribution in [1.29, 1.82) is 0 Å². The van der Waals surface area contributed by atoms with Gasteiger partial charge in [-0.1, -0.05) is 12.1 Å². The van der Waals surface area contributed by atoms with Crippen LogP contribution in [-0.4, -0.2) is 20.0 Å². The Bertz CT molecular complexity index is 1130. The fourth-order valence-corrected chi connectivity index (χ4v) is 2.96. The van der Waals surface area contributed by atoms with Crippen molar-refractivity contribution in [3.8, 4) is 0 Å². The molecule has 0 aliphatic heterocycles. The fourth-order valence-electron chi connectivity index (χ4n) is 2.96. The normalized spacial score (nSPS) is 11.5. The van der Waals surface area contributed by atoms with E-state index in [9.17, 15) is 9.59 Å². The second-order valence-electron chi connectivity index (χ2n) is 5.82. The number of nitrogens with zero attached hydrogens (tertiary/aromatic N) is 1. The van der Waals surface area contributed by atoms with Crippen molar-refractivity contribution in [1.82, 2.24) is 20.0 Å². The zero-order valence-corrected chi connectivity index (χ0v) is 12.6. The van der Waals surface area contributed by atoms with Crippen LogP contribution in [-0.2, 0) is 13.0 Å². The number of rotatable bonds is 3. The first-order chi connectivity index (χ1) is 11.1. The predicted molar refractivity (Wildman–Crippen MR) is 89.9 cm³/mol. The van der Waals surface area contributed by atoms with Gasteiger partial charge in [0.15, 0.2) is 0 Å². The molecule has 0 fully saturated rings. The maximum atomic E-state index is 12.0. The van der Waals surface area contributed by atoms with Crippen LogP contribution >= 0.6 is 0 Å². The number of hydrogen-bond acceptors (Lipinski definition) is 2. The van der Waals surface area contributed by atoms with Crippen LogP contribution in [0.3, 0.4) is 0 Å². The lowest BCUT2D eigenvalue weighted by Gasteiger charge is -2.05. The molecule has 0 amide bonds. The Morgan fingerprint density at radius 3 is 2.65 bits per heavy atom. The van der Waals surface area contributed by atoms with Crippen molar-refractivity contribution in [3.63, 3.8) is 0 Å². The molecule has 23 heavy (non-hydrogen) atoms. The molecule has 0 bridgehead atoms. The fraction of sp³-hybridized carbons (Fsp3) is 0.176. The molecular weight excluding hydrogens is 292 g/mol.